The first-order valence-electron chi connectivity index (χ1n) is 9.93. The maximum atomic E-state index is 14.0. The van der Waals surface area contributed by atoms with E-state index >= 15 is 0 Å². The number of halogens is 1. The molecule has 1 aliphatic carbocycles. The van der Waals surface area contributed by atoms with Gasteiger partial charge in [-0.25, -0.2) is 4.39 Å². The third kappa shape index (κ3) is 3.50. The number of nitrogens with zero attached hydrogens (tertiary/aromatic N) is 4. The van der Waals surface area contributed by atoms with Gasteiger partial charge in [-0.3, -0.25) is 9.78 Å². The van der Waals surface area contributed by atoms with Crippen molar-refractivity contribution in [2.24, 2.45) is 0 Å². The Balaban J connectivity index is 1.48. The molecule has 2 aromatic heterocycles. The number of carbonyl (C=O) groups is 1. The van der Waals surface area contributed by atoms with Gasteiger partial charge in [0.15, 0.2) is 0 Å². The lowest BCUT2D eigenvalue weighted by Gasteiger charge is -2.25. The summed E-state index contributed by atoms with van der Waals surface area (Å²) in [5, 5.41) is 8.42. The molecule has 1 aromatic carbocycles. The molecule has 0 N–H and O–H groups in total. The van der Waals surface area contributed by atoms with Crippen molar-refractivity contribution >= 4 is 5.91 Å². The van der Waals surface area contributed by atoms with Crippen molar-refractivity contribution in [3.8, 4) is 11.4 Å². The summed E-state index contributed by atoms with van der Waals surface area (Å²) in [6, 6.07) is 9.03. The van der Waals surface area contributed by atoms with Gasteiger partial charge in [0.05, 0.1) is 11.9 Å². The van der Waals surface area contributed by atoms with Crippen LogP contribution in [0.25, 0.3) is 11.4 Å². The number of benzene rings is 1. The third-order valence-corrected chi connectivity index (χ3v) is 5.72. The van der Waals surface area contributed by atoms with Gasteiger partial charge in [-0.2, -0.15) is 5.10 Å². The van der Waals surface area contributed by atoms with Gasteiger partial charge in [-0.1, -0.05) is 6.07 Å². The summed E-state index contributed by atoms with van der Waals surface area (Å²) in [5.74, 6) is 0.325. The first-order valence-corrected chi connectivity index (χ1v) is 9.93. The first kappa shape index (κ1) is 17.9. The highest BCUT2D eigenvalue weighted by atomic mass is 19.1. The molecule has 1 saturated carbocycles. The second kappa shape index (κ2) is 7.03. The van der Waals surface area contributed by atoms with E-state index < -0.39 is 0 Å². The van der Waals surface area contributed by atoms with E-state index in [-0.39, 0.29) is 11.7 Å². The standard InChI is InChI=1S/C23H21FN4O/c1-28-7-5-19-20(23(28)29)4-6-25-22(19)21-11-15(13-26-27-21)8-14-9-17(16-2-3-16)12-18(24)10-14/h4,6,9-13,16H,2-3,5,7-8H2,1H3. The molecular formula is C23H21FN4O. The summed E-state index contributed by atoms with van der Waals surface area (Å²) in [6.07, 6.45) is 6.96. The van der Waals surface area contributed by atoms with Gasteiger partial charge in [0.25, 0.3) is 5.91 Å². The van der Waals surface area contributed by atoms with Crippen molar-refractivity contribution < 1.29 is 9.18 Å². The summed E-state index contributed by atoms with van der Waals surface area (Å²) >= 11 is 0. The van der Waals surface area contributed by atoms with Gasteiger partial charge < -0.3 is 4.90 Å². The summed E-state index contributed by atoms with van der Waals surface area (Å²) in [7, 11) is 1.81. The summed E-state index contributed by atoms with van der Waals surface area (Å²) < 4.78 is 14.0. The summed E-state index contributed by atoms with van der Waals surface area (Å²) in [4.78, 5) is 18.7. The van der Waals surface area contributed by atoms with Gasteiger partial charge in [-0.05, 0) is 78.1 Å². The lowest BCUT2D eigenvalue weighted by molar-refractivity contribution is 0.0781. The topological polar surface area (TPSA) is 59.0 Å². The molecule has 1 aliphatic heterocycles. The van der Waals surface area contributed by atoms with Crippen LogP contribution in [0.15, 0.2) is 42.7 Å². The fourth-order valence-corrected chi connectivity index (χ4v) is 4.04. The zero-order valence-corrected chi connectivity index (χ0v) is 16.2. The Morgan fingerprint density at radius 2 is 2.03 bits per heavy atom. The highest BCUT2D eigenvalue weighted by molar-refractivity contribution is 5.98. The van der Waals surface area contributed by atoms with E-state index in [4.69, 9.17) is 0 Å². The molecule has 0 saturated heterocycles. The highest BCUT2D eigenvalue weighted by Crippen LogP contribution is 2.40. The monoisotopic (exact) mass is 388 g/mol. The van der Waals surface area contributed by atoms with E-state index in [2.05, 4.69) is 21.2 Å². The van der Waals surface area contributed by atoms with Crippen molar-refractivity contribution in [3.05, 3.63) is 76.4 Å². The Labute approximate surface area is 168 Å². The lowest BCUT2D eigenvalue weighted by Crippen LogP contribution is -2.34. The molecule has 5 nitrogen and oxygen atoms in total. The van der Waals surface area contributed by atoms with E-state index in [1.807, 2.05) is 6.07 Å². The number of pyridine rings is 1. The average molecular weight is 388 g/mol. The van der Waals surface area contributed by atoms with Crippen LogP contribution in [-0.2, 0) is 12.8 Å². The number of fused-ring (bicyclic) bond motifs is 1. The maximum absolute atomic E-state index is 14.0. The quantitative estimate of drug-likeness (QED) is 0.683. The molecule has 0 bridgehead atoms. The van der Waals surface area contributed by atoms with E-state index in [9.17, 15) is 9.18 Å². The fourth-order valence-electron chi connectivity index (χ4n) is 4.04. The molecule has 2 aliphatic rings. The van der Waals surface area contributed by atoms with Crippen molar-refractivity contribution in [1.82, 2.24) is 20.1 Å². The van der Waals surface area contributed by atoms with Gasteiger partial charge in [-0.15, -0.1) is 5.10 Å². The zero-order valence-electron chi connectivity index (χ0n) is 16.2. The minimum absolute atomic E-state index is 0.00591. The number of rotatable bonds is 4. The molecule has 146 valence electrons. The Morgan fingerprint density at radius 3 is 2.86 bits per heavy atom. The van der Waals surface area contributed by atoms with Crippen molar-refractivity contribution in [2.75, 3.05) is 13.6 Å². The van der Waals surface area contributed by atoms with Crippen LogP contribution in [0.2, 0.25) is 0 Å². The number of amides is 1. The predicted molar refractivity (Wildman–Crippen MR) is 107 cm³/mol. The lowest BCUT2D eigenvalue weighted by atomic mass is 9.96. The van der Waals surface area contributed by atoms with Gasteiger partial charge in [0.2, 0.25) is 0 Å². The number of carbonyl (C=O) groups excluding carboxylic acids is 1. The minimum Gasteiger partial charge on any atom is -0.341 e. The molecule has 3 aromatic rings. The molecular weight excluding hydrogens is 367 g/mol. The van der Waals surface area contributed by atoms with Crippen LogP contribution >= 0.6 is 0 Å². The number of likely N-dealkylation sites (N-methyl/N-ethyl adjacent to an activating group) is 1. The van der Waals surface area contributed by atoms with Crippen LogP contribution in [0, 0.1) is 5.82 Å². The van der Waals surface area contributed by atoms with E-state index in [0.717, 1.165) is 41.5 Å². The predicted octanol–water partition coefficient (Wildman–Crippen LogP) is 3.77. The van der Waals surface area contributed by atoms with Crippen LogP contribution in [-0.4, -0.2) is 39.6 Å². The number of hydrogen-bond donors (Lipinski definition) is 0. The Kier molecular flexibility index (Phi) is 4.34. The van der Waals surface area contributed by atoms with Gasteiger partial charge in [0.1, 0.15) is 11.5 Å². The van der Waals surface area contributed by atoms with Crippen LogP contribution in [0.5, 0.6) is 0 Å². The Morgan fingerprint density at radius 1 is 1.17 bits per heavy atom. The Bertz CT molecular complexity index is 1110. The number of aromatic nitrogens is 3. The second-order valence-electron chi connectivity index (χ2n) is 7.96. The summed E-state index contributed by atoms with van der Waals surface area (Å²) in [6.45, 7) is 0.658. The van der Waals surface area contributed by atoms with Crippen molar-refractivity contribution in [1.29, 1.82) is 0 Å². The van der Waals surface area contributed by atoms with E-state index in [1.54, 1.807) is 42.5 Å². The number of hydrogen-bond acceptors (Lipinski definition) is 4. The molecule has 0 unspecified atom stereocenters. The molecule has 5 rings (SSSR count). The van der Waals surface area contributed by atoms with E-state index in [1.165, 1.54) is 0 Å². The van der Waals surface area contributed by atoms with E-state index in [0.29, 0.717) is 35.8 Å². The Hall–Kier alpha value is -3.15. The SMILES string of the molecule is CN1CCc2c(ccnc2-c2cc(Cc3cc(F)cc(C4CC4)c3)cnn2)C1=O. The first-order chi connectivity index (χ1) is 14.1. The zero-order chi connectivity index (χ0) is 20.0. The minimum atomic E-state index is -0.187. The molecule has 29 heavy (non-hydrogen) atoms. The molecule has 0 atom stereocenters. The van der Waals surface area contributed by atoms with Crippen LogP contribution in [0.4, 0.5) is 4.39 Å². The molecule has 3 heterocycles. The molecule has 6 heteroatoms. The molecule has 0 radical (unpaired) electrons. The van der Waals surface area contributed by atoms with Crippen LogP contribution in [0.3, 0.4) is 0 Å². The highest BCUT2D eigenvalue weighted by Gasteiger charge is 2.26. The maximum Gasteiger partial charge on any atom is 0.254 e. The summed E-state index contributed by atoms with van der Waals surface area (Å²) in [5.41, 5.74) is 5.92. The van der Waals surface area contributed by atoms with Crippen molar-refractivity contribution in [2.45, 2.75) is 31.6 Å². The van der Waals surface area contributed by atoms with Crippen molar-refractivity contribution in [3.63, 3.8) is 0 Å². The normalized spacial score (nSPS) is 16.1. The van der Waals surface area contributed by atoms with Crippen LogP contribution < -0.4 is 0 Å². The van der Waals surface area contributed by atoms with Gasteiger partial charge in [0, 0.05) is 25.4 Å². The van der Waals surface area contributed by atoms with Gasteiger partial charge >= 0.3 is 0 Å². The molecule has 1 amide bonds. The smallest absolute Gasteiger partial charge is 0.254 e. The fraction of sp³-hybridized carbons (Fsp3) is 0.304. The molecule has 0 spiro atoms. The largest absolute Gasteiger partial charge is 0.341 e. The third-order valence-electron chi connectivity index (χ3n) is 5.72. The second-order valence-corrected chi connectivity index (χ2v) is 7.96. The van der Waals surface area contributed by atoms with Crippen LogP contribution in [0.1, 0.15) is 51.4 Å². The average Bonchev–Trinajstić information content (AvgIpc) is 3.56. The molecule has 1 fully saturated rings.